The van der Waals surface area contributed by atoms with E-state index in [4.69, 9.17) is 0 Å². The Hall–Kier alpha value is -3.80. The highest BCUT2D eigenvalue weighted by atomic mass is 16.1. The van der Waals surface area contributed by atoms with Gasteiger partial charge in [0.1, 0.15) is 0 Å². The maximum Gasteiger partial charge on any atom is 0.257 e. The van der Waals surface area contributed by atoms with E-state index < -0.39 is 0 Å². The van der Waals surface area contributed by atoms with E-state index in [1.165, 1.54) is 20.0 Å². The molecule has 140 valence electrons. The first kappa shape index (κ1) is 19.0. The number of hydrogen-bond acceptors (Lipinski definition) is 5. The van der Waals surface area contributed by atoms with Gasteiger partial charge in [0.2, 0.25) is 0 Å². The molecule has 1 heterocycles. The van der Waals surface area contributed by atoms with E-state index in [9.17, 15) is 14.4 Å². The van der Waals surface area contributed by atoms with Gasteiger partial charge in [-0.1, -0.05) is 24.3 Å². The lowest BCUT2D eigenvalue weighted by atomic mass is 10.1. The summed E-state index contributed by atoms with van der Waals surface area (Å²) in [5.74, 6) is -0.436. The van der Waals surface area contributed by atoms with Crippen molar-refractivity contribution in [3.8, 4) is 0 Å². The van der Waals surface area contributed by atoms with Crippen molar-refractivity contribution in [2.45, 2.75) is 13.8 Å². The number of amides is 1. The molecule has 0 saturated heterocycles. The zero-order valence-electron chi connectivity index (χ0n) is 15.5. The Morgan fingerprint density at radius 1 is 0.714 bits per heavy atom. The van der Waals surface area contributed by atoms with Crippen LogP contribution in [-0.4, -0.2) is 22.5 Å². The molecule has 6 heteroatoms. The zero-order chi connectivity index (χ0) is 20.1. The molecule has 0 atom stereocenters. The van der Waals surface area contributed by atoms with Crippen LogP contribution < -0.4 is 10.6 Å². The molecular formula is C22H19N3O3. The predicted molar refractivity (Wildman–Crippen MR) is 108 cm³/mol. The van der Waals surface area contributed by atoms with Crippen molar-refractivity contribution < 1.29 is 14.4 Å². The van der Waals surface area contributed by atoms with Crippen molar-refractivity contribution in [1.82, 2.24) is 4.98 Å². The van der Waals surface area contributed by atoms with Gasteiger partial charge in [0.25, 0.3) is 5.91 Å². The number of Topliss-reactive ketones (excluding diaryl/α,β-unsaturated/α-hetero) is 2. The first-order valence-corrected chi connectivity index (χ1v) is 8.68. The van der Waals surface area contributed by atoms with Crippen LogP contribution in [0.5, 0.6) is 0 Å². The van der Waals surface area contributed by atoms with Crippen molar-refractivity contribution in [2.75, 3.05) is 10.6 Å². The number of ketones is 2. The largest absolute Gasteiger partial charge is 0.354 e. The molecule has 0 unspecified atom stereocenters. The van der Waals surface area contributed by atoms with Crippen molar-refractivity contribution in [2.24, 2.45) is 0 Å². The van der Waals surface area contributed by atoms with Crippen LogP contribution in [0.1, 0.15) is 44.9 Å². The number of pyridine rings is 1. The Morgan fingerprint density at radius 3 is 1.93 bits per heavy atom. The molecule has 3 rings (SSSR count). The molecule has 3 aromatic rings. The molecule has 0 aliphatic carbocycles. The number of anilines is 3. The van der Waals surface area contributed by atoms with Crippen molar-refractivity contribution in [3.05, 3.63) is 83.7 Å². The molecule has 2 N–H and O–H groups in total. The summed E-state index contributed by atoms with van der Waals surface area (Å²) in [6.45, 7) is 2.98. The fraction of sp³-hybridized carbons (Fsp3) is 0.0909. The van der Waals surface area contributed by atoms with Gasteiger partial charge < -0.3 is 10.6 Å². The highest BCUT2D eigenvalue weighted by molar-refractivity contribution is 6.05. The van der Waals surface area contributed by atoms with E-state index in [0.29, 0.717) is 28.1 Å². The summed E-state index contributed by atoms with van der Waals surface area (Å²) in [4.78, 5) is 39.6. The third kappa shape index (κ3) is 4.67. The van der Waals surface area contributed by atoms with Gasteiger partial charge in [0, 0.05) is 28.7 Å². The van der Waals surface area contributed by atoms with Gasteiger partial charge in [-0.2, -0.15) is 0 Å². The number of rotatable bonds is 6. The first-order valence-electron chi connectivity index (χ1n) is 8.68. The molecule has 2 aromatic carbocycles. The summed E-state index contributed by atoms with van der Waals surface area (Å²) in [5.41, 5.74) is 3.35. The highest BCUT2D eigenvalue weighted by Gasteiger charge is 2.09. The van der Waals surface area contributed by atoms with Crippen LogP contribution in [0.25, 0.3) is 0 Å². The Labute approximate surface area is 162 Å². The smallest absolute Gasteiger partial charge is 0.257 e. The highest BCUT2D eigenvalue weighted by Crippen LogP contribution is 2.19. The van der Waals surface area contributed by atoms with Crippen LogP contribution in [-0.2, 0) is 0 Å². The van der Waals surface area contributed by atoms with E-state index in [1.807, 2.05) is 6.07 Å². The summed E-state index contributed by atoms with van der Waals surface area (Å²) in [6, 6.07) is 15.5. The van der Waals surface area contributed by atoms with Gasteiger partial charge in [-0.15, -0.1) is 0 Å². The van der Waals surface area contributed by atoms with Gasteiger partial charge in [-0.3, -0.25) is 19.4 Å². The zero-order valence-corrected chi connectivity index (χ0v) is 15.5. The predicted octanol–water partition coefficient (Wildman–Crippen LogP) is 4.48. The van der Waals surface area contributed by atoms with Crippen LogP contribution in [0.15, 0.2) is 67.0 Å². The molecular weight excluding hydrogens is 354 g/mol. The van der Waals surface area contributed by atoms with Crippen molar-refractivity contribution in [1.29, 1.82) is 0 Å². The average Bonchev–Trinajstić information content (AvgIpc) is 2.68. The Morgan fingerprint density at radius 2 is 1.29 bits per heavy atom. The van der Waals surface area contributed by atoms with Crippen LogP contribution in [0.3, 0.4) is 0 Å². The monoisotopic (exact) mass is 373 g/mol. The van der Waals surface area contributed by atoms with Gasteiger partial charge in [0.15, 0.2) is 11.6 Å². The van der Waals surface area contributed by atoms with Gasteiger partial charge in [0.05, 0.1) is 17.4 Å². The number of hydrogen-bond donors (Lipinski definition) is 2. The number of benzene rings is 2. The summed E-state index contributed by atoms with van der Waals surface area (Å²) < 4.78 is 0. The quantitative estimate of drug-likeness (QED) is 0.622. The minimum atomic E-state index is -0.339. The topological polar surface area (TPSA) is 88.2 Å². The van der Waals surface area contributed by atoms with Crippen molar-refractivity contribution in [3.63, 3.8) is 0 Å². The molecule has 28 heavy (non-hydrogen) atoms. The van der Waals surface area contributed by atoms with Gasteiger partial charge in [-0.05, 0) is 44.2 Å². The molecule has 0 radical (unpaired) electrons. The molecule has 0 saturated carbocycles. The standard InChI is InChI=1S/C22H19N3O3/c1-14(26)16-5-3-7-19(9-16)24-21-11-18(12-23-13-21)22(28)25-20-8-4-6-17(10-20)15(2)27/h3-13,24H,1-2H3,(H,25,28). The van der Waals surface area contributed by atoms with E-state index in [1.54, 1.807) is 54.7 Å². The van der Waals surface area contributed by atoms with Gasteiger partial charge >= 0.3 is 0 Å². The minimum absolute atomic E-state index is 0.0253. The summed E-state index contributed by atoms with van der Waals surface area (Å²) in [6.07, 6.45) is 3.05. The number of carbonyl (C=O) groups excluding carboxylic acids is 3. The second-order valence-electron chi connectivity index (χ2n) is 6.32. The molecule has 1 aromatic heterocycles. The number of nitrogens with zero attached hydrogens (tertiary/aromatic N) is 1. The Balaban J connectivity index is 1.76. The SMILES string of the molecule is CC(=O)c1cccc(NC(=O)c2cncc(Nc3cccc(C(C)=O)c3)c2)c1. The average molecular weight is 373 g/mol. The maximum atomic E-state index is 12.5. The van der Waals surface area contributed by atoms with Crippen molar-refractivity contribution >= 4 is 34.5 Å². The third-order valence-electron chi connectivity index (χ3n) is 4.09. The normalized spacial score (nSPS) is 10.2. The fourth-order valence-corrected chi connectivity index (χ4v) is 2.63. The summed E-state index contributed by atoms with van der Waals surface area (Å²) in [5, 5.41) is 5.91. The minimum Gasteiger partial charge on any atom is -0.354 e. The summed E-state index contributed by atoms with van der Waals surface area (Å²) in [7, 11) is 0. The lowest BCUT2D eigenvalue weighted by molar-refractivity contribution is 0.100. The van der Waals surface area contributed by atoms with E-state index in [0.717, 1.165) is 5.69 Å². The molecule has 0 aliphatic rings. The number of carbonyl (C=O) groups is 3. The van der Waals surface area contributed by atoms with Gasteiger partial charge in [-0.25, -0.2) is 0 Å². The molecule has 0 aliphatic heterocycles. The fourth-order valence-electron chi connectivity index (χ4n) is 2.63. The second-order valence-corrected chi connectivity index (χ2v) is 6.32. The van der Waals surface area contributed by atoms with Crippen LogP contribution in [0.4, 0.5) is 17.1 Å². The Bertz CT molecular complexity index is 1060. The molecule has 0 spiro atoms. The second kappa shape index (κ2) is 8.26. The summed E-state index contributed by atoms with van der Waals surface area (Å²) >= 11 is 0. The molecule has 6 nitrogen and oxygen atoms in total. The van der Waals surface area contributed by atoms with Crippen LogP contribution >= 0.6 is 0 Å². The number of nitrogens with one attached hydrogen (secondary N) is 2. The lowest BCUT2D eigenvalue weighted by Crippen LogP contribution is -2.13. The third-order valence-corrected chi connectivity index (χ3v) is 4.09. The van der Waals surface area contributed by atoms with Crippen LogP contribution in [0.2, 0.25) is 0 Å². The number of aromatic nitrogens is 1. The van der Waals surface area contributed by atoms with Crippen LogP contribution in [0, 0.1) is 0 Å². The van der Waals surface area contributed by atoms with E-state index in [-0.39, 0.29) is 17.5 Å². The first-order chi connectivity index (χ1) is 13.4. The molecule has 0 fully saturated rings. The molecule has 1 amide bonds. The Kier molecular flexibility index (Phi) is 5.60. The maximum absolute atomic E-state index is 12.5. The van der Waals surface area contributed by atoms with E-state index in [2.05, 4.69) is 15.6 Å². The molecule has 0 bridgehead atoms. The van der Waals surface area contributed by atoms with E-state index >= 15 is 0 Å². The lowest BCUT2D eigenvalue weighted by Gasteiger charge is -2.10.